The van der Waals surface area contributed by atoms with E-state index in [0.29, 0.717) is 32.4 Å². The third-order valence-electron chi connectivity index (χ3n) is 3.61. The van der Waals surface area contributed by atoms with Crippen molar-refractivity contribution in [2.75, 3.05) is 13.1 Å². The molecule has 7 heteroatoms. The standard InChI is InChI=1S/C13H23N3O4/c1-9(4-5-11(17)18)6-7-15-13(20)16-8-2-3-10(16)12(14)19/h9-10H,2-8H2,1H3,(H2,14,19)(H,15,20)(H,17,18). The number of primary amides is 1. The SMILES string of the molecule is CC(CCNC(=O)N1CCCC1C(N)=O)CCC(=O)O. The Bertz CT molecular complexity index is 373. The topological polar surface area (TPSA) is 113 Å². The van der Waals surface area contributed by atoms with E-state index < -0.39 is 17.9 Å². The number of hydrogen-bond acceptors (Lipinski definition) is 3. The molecule has 1 aliphatic rings. The molecule has 0 bridgehead atoms. The molecule has 0 radical (unpaired) electrons. The smallest absolute Gasteiger partial charge is 0.318 e. The number of likely N-dealkylation sites (tertiary alicyclic amines) is 1. The van der Waals surface area contributed by atoms with E-state index in [1.165, 1.54) is 4.90 Å². The Balaban J connectivity index is 2.26. The molecule has 0 saturated carbocycles. The third-order valence-corrected chi connectivity index (χ3v) is 3.61. The van der Waals surface area contributed by atoms with E-state index in [4.69, 9.17) is 10.8 Å². The Kier molecular flexibility index (Phi) is 6.27. The van der Waals surface area contributed by atoms with Crippen LogP contribution in [0.25, 0.3) is 0 Å². The summed E-state index contributed by atoms with van der Waals surface area (Å²) in [5, 5.41) is 11.3. The first-order valence-corrected chi connectivity index (χ1v) is 6.97. The van der Waals surface area contributed by atoms with Crippen molar-refractivity contribution in [3.05, 3.63) is 0 Å². The Hall–Kier alpha value is -1.79. The van der Waals surface area contributed by atoms with Crippen molar-refractivity contribution < 1.29 is 19.5 Å². The van der Waals surface area contributed by atoms with Crippen LogP contribution in [0.15, 0.2) is 0 Å². The number of rotatable bonds is 7. The van der Waals surface area contributed by atoms with Gasteiger partial charge in [-0.3, -0.25) is 9.59 Å². The van der Waals surface area contributed by atoms with Crippen LogP contribution in [0, 0.1) is 5.92 Å². The van der Waals surface area contributed by atoms with Gasteiger partial charge in [0.15, 0.2) is 0 Å². The number of carboxylic acids is 1. The highest BCUT2D eigenvalue weighted by atomic mass is 16.4. The van der Waals surface area contributed by atoms with Gasteiger partial charge in [0.1, 0.15) is 6.04 Å². The molecule has 4 N–H and O–H groups in total. The van der Waals surface area contributed by atoms with Crippen molar-refractivity contribution in [2.24, 2.45) is 11.7 Å². The summed E-state index contributed by atoms with van der Waals surface area (Å²) in [6.45, 7) is 2.98. The summed E-state index contributed by atoms with van der Waals surface area (Å²) < 4.78 is 0. The highest BCUT2D eigenvalue weighted by Crippen LogP contribution is 2.16. The summed E-state index contributed by atoms with van der Waals surface area (Å²) >= 11 is 0. The zero-order valence-corrected chi connectivity index (χ0v) is 11.8. The molecule has 0 aromatic carbocycles. The average molecular weight is 285 g/mol. The molecule has 114 valence electrons. The van der Waals surface area contributed by atoms with Crippen molar-refractivity contribution in [2.45, 2.75) is 45.1 Å². The van der Waals surface area contributed by atoms with E-state index in [0.717, 1.165) is 6.42 Å². The average Bonchev–Trinajstić information content (AvgIpc) is 2.85. The number of nitrogens with one attached hydrogen (secondary N) is 1. The van der Waals surface area contributed by atoms with Crippen LogP contribution >= 0.6 is 0 Å². The summed E-state index contributed by atoms with van der Waals surface area (Å²) in [5.41, 5.74) is 5.25. The highest BCUT2D eigenvalue weighted by molar-refractivity contribution is 5.86. The maximum Gasteiger partial charge on any atom is 0.318 e. The number of urea groups is 1. The molecule has 1 fully saturated rings. The highest BCUT2D eigenvalue weighted by Gasteiger charge is 2.32. The second kappa shape index (κ2) is 7.72. The number of carboxylic acid groups (broad SMARTS) is 1. The van der Waals surface area contributed by atoms with E-state index in [2.05, 4.69) is 5.32 Å². The molecule has 0 aliphatic carbocycles. The lowest BCUT2D eigenvalue weighted by atomic mass is 10.0. The minimum Gasteiger partial charge on any atom is -0.481 e. The van der Waals surface area contributed by atoms with E-state index in [-0.39, 0.29) is 18.4 Å². The van der Waals surface area contributed by atoms with Gasteiger partial charge in [-0.2, -0.15) is 0 Å². The number of carbonyl (C=O) groups excluding carboxylic acids is 2. The van der Waals surface area contributed by atoms with Gasteiger partial charge in [0.2, 0.25) is 5.91 Å². The Morgan fingerprint density at radius 1 is 1.40 bits per heavy atom. The lowest BCUT2D eigenvalue weighted by molar-refractivity contribution is -0.137. The minimum absolute atomic E-state index is 0.144. The number of aliphatic carboxylic acids is 1. The lowest BCUT2D eigenvalue weighted by Gasteiger charge is -2.23. The molecule has 0 aromatic heterocycles. The van der Waals surface area contributed by atoms with Crippen LogP contribution in [0.4, 0.5) is 4.79 Å². The maximum absolute atomic E-state index is 11.9. The number of amides is 3. The summed E-state index contributed by atoms with van der Waals surface area (Å²) in [6.07, 6.45) is 2.87. The van der Waals surface area contributed by atoms with Gasteiger partial charge in [0.05, 0.1) is 0 Å². The summed E-state index contributed by atoms with van der Waals surface area (Å²) in [6, 6.07) is -0.767. The van der Waals surface area contributed by atoms with Gasteiger partial charge in [-0.1, -0.05) is 6.92 Å². The molecule has 1 rings (SSSR count). The second-order valence-electron chi connectivity index (χ2n) is 5.31. The van der Waals surface area contributed by atoms with Crippen LogP contribution in [-0.4, -0.2) is 47.0 Å². The summed E-state index contributed by atoms with van der Waals surface area (Å²) in [4.78, 5) is 35.0. The molecular formula is C13H23N3O4. The number of nitrogens with zero attached hydrogens (tertiary/aromatic N) is 1. The van der Waals surface area contributed by atoms with E-state index in [1.54, 1.807) is 0 Å². The van der Waals surface area contributed by atoms with Crippen LogP contribution < -0.4 is 11.1 Å². The summed E-state index contributed by atoms with van der Waals surface area (Å²) in [7, 11) is 0. The largest absolute Gasteiger partial charge is 0.481 e. The molecule has 2 atom stereocenters. The lowest BCUT2D eigenvalue weighted by Crippen LogP contribution is -2.48. The van der Waals surface area contributed by atoms with Gasteiger partial charge in [0, 0.05) is 19.5 Å². The Morgan fingerprint density at radius 3 is 2.70 bits per heavy atom. The van der Waals surface area contributed by atoms with Crippen molar-refractivity contribution >= 4 is 17.9 Å². The molecular weight excluding hydrogens is 262 g/mol. The molecule has 1 heterocycles. The van der Waals surface area contributed by atoms with E-state index in [9.17, 15) is 14.4 Å². The van der Waals surface area contributed by atoms with Crippen LogP contribution in [0.5, 0.6) is 0 Å². The quantitative estimate of drug-likeness (QED) is 0.633. The van der Waals surface area contributed by atoms with Gasteiger partial charge >= 0.3 is 12.0 Å². The molecule has 7 nitrogen and oxygen atoms in total. The monoisotopic (exact) mass is 285 g/mol. The van der Waals surface area contributed by atoms with Crippen molar-refractivity contribution in [1.29, 1.82) is 0 Å². The van der Waals surface area contributed by atoms with Gasteiger partial charge in [-0.25, -0.2) is 4.79 Å². The number of carbonyl (C=O) groups is 3. The molecule has 20 heavy (non-hydrogen) atoms. The van der Waals surface area contributed by atoms with Gasteiger partial charge in [0.25, 0.3) is 0 Å². The third kappa shape index (κ3) is 5.07. The van der Waals surface area contributed by atoms with Crippen molar-refractivity contribution in [3.63, 3.8) is 0 Å². The van der Waals surface area contributed by atoms with Crippen LogP contribution in [-0.2, 0) is 9.59 Å². The predicted molar refractivity (Wildman–Crippen MR) is 73.0 cm³/mol. The van der Waals surface area contributed by atoms with E-state index >= 15 is 0 Å². The summed E-state index contributed by atoms with van der Waals surface area (Å²) in [5.74, 6) is -1.04. The van der Waals surface area contributed by atoms with Gasteiger partial charge < -0.3 is 21.1 Å². The van der Waals surface area contributed by atoms with Crippen LogP contribution in [0.3, 0.4) is 0 Å². The van der Waals surface area contributed by atoms with Crippen LogP contribution in [0.1, 0.15) is 39.0 Å². The fraction of sp³-hybridized carbons (Fsp3) is 0.769. The molecule has 1 aliphatic heterocycles. The fourth-order valence-corrected chi connectivity index (χ4v) is 2.35. The zero-order valence-electron chi connectivity index (χ0n) is 11.8. The maximum atomic E-state index is 11.9. The minimum atomic E-state index is -0.803. The van der Waals surface area contributed by atoms with Gasteiger partial charge in [-0.05, 0) is 31.6 Å². The number of hydrogen-bond donors (Lipinski definition) is 3. The van der Waals surface area contributed by atoms with Crippen molar-refractivity contribution in [3.8, 4) is 0 Å². The normalized spacial score (nSPS) is 19.6. The van der Waals surface area contributed by atoms with E-state index in [1.807, 2.05) is 6.92 Å². The van der Waals surface area contributed by atoms with Crippen molar-refractivity contribution in [1.82, 2.24) is 10.2 Å². The second-order valence-corrected chi connectivity index (χ2v) is 5.31. The first-order valence-electron chi connectivity index (χ1n) is 6.97. The number of nitrogens with two attached hydrogens (primary N) is 1. The first kappa shape index (κ1) is 16.3. The molecule has 0 spiro atoms. The first-order chi connectivity index (χ1) is 9.41. The molecule has 3 amide bonds. The molecule has 0 aromatic rings. The molecule has 2 unspecified atom stereocenters. The van der Waals surface area contributed by atoms with Gasteiger partial charge in [-0.15, -0.1) is 0 Å². The zero-order chi connectivity index (χ0) is 15.1. The Labute approximate surface area is 118 Å². The van der Waals surface area contributed by atoms with Crippen LogP contribution in [0.2, 0.25) is 0 Å². The molecule has 1 saturated heterocycles. The Morgan fingerprint density at radius 2 is 2.10 bits per heavy atom. The predicted octanol–water partition coefficient (Wildman–Crippen LogP) is 0.537. The fourth-order valence-electron chi connectivity index (χ4n) is 2.35.